The molecule has 4 heteroatoms. The highest BCUT2D eigenvalue weighted by Gasteiger charge is 2.37. The molecule has 52 valence electrons. The molecular weight excluding hydrogens is 122 g/mol. The SMILES string of the molecule is C[C@@]1(C(=O)O)CNCO1. The summed E-state index contributed by atoms with van der Waals surface area (Å²) in [6, 6.07) is 0. The summed E-state index contributed by atoms with van der Waals surface area (Å²) in [7, 11) is 0. The Hall–Kier alpha value is -0.610. The molecular formula is C5H9NO3. The van der Waals surface area contributed by atoms with E-state index >= 15 is 0 Å². The van der Waals surface area contributed by atoms with Crippen LogP contribution in [0.3, 0.4) is 0 Å². The van der Waals surface area contributed by atoms with Gasteiger partial charge in [0.2, 0.25) is 0 Å². The second kappa shape index (κ2) is 1.97. The van der Waals surface area contributed by atoms with Crippen LogP contribution in [-0.2, 0) is 9.53 Å². The highest BCUT2D eigenvalue weighted by atomic mass is 16.5. The Labute approximate surface area is 52.8 Å². The van der Waals surface area contributed by atoms with E-state index in [0.717, 1.165) is 0 Å². The lowest BCUT2D eigenvalue weighted by molar-refractivity contribution is -0.156. The number of hydrogen-bond donors (Lipinski definition) is 2. The van der Waals surface area contributed by atoms with Gasteiger partial charge >= 0.3 is 5.97 Å². The van der Waals surface area contributed by atoms with Gasteiger partial charge < -0.3 is 9.84 Å². The molecule has 0 saturated carbocycles. The molecule has 1 rings (SSSR count). The molecule has 1 atom stereocenters. The van der Waals surface area contributed by atoms with E-state index in [1.807, 2.05) is 0 Å². The van der Waals surface area contributed by atoms with E-state index < -0.39 is 11.6 Å². The summed E-state index contributed by atoms with van der Waals surface area (Å²) in [5.41, 5.74) is -1.00. The van der Waals surface area contributed by atoms with E-state index in [9.17, 15) is 4.79 Å². The van der Waals surface area contributed by atoms with Gasteiger partial charge in [0.15, 0.2) is 5.60 Å². The van der Waals surface area contributed by atoms with E-state index in [2.05, 4.69) is 5.32 Å². The van der Waals surface area contributed by atoms with Gasteiger partial charge in [0.1, 0.15) is 0 Å². The Morgan fingerprint density at radius 3 is 2.78 bits per heavy atom. The van der Waals surface area contributed by atoms with Crippen molar-refractivity contribution in [3.8, 4) is 0 Å². The average molecular weight is 131 g/mol. The van der Waals surface area contributed by atoms with Crippen LogP contribution in [0, 0.1) is 0 Å². The summed E-state index contributed by atoms with van der Waals surface area (Å²) in [4.78, 5) is 10.4. The minimum Gasteiger partial charge on any atom is -0.479 e. The largest absolute Gasteiger partial charge is 0.479 e. The highest BCUT2D eigenvalue weighted by Crippen LogP contribution is 2.12. The number of rotatable bonds is 1. The molecule has 0 radical (unpaired) electrons. The van der Waals surface area contributed by atoms with Crippen molar-refractivity contribution in [2.45, 2.75) is 12.5 Å². The van der Waals surface area contributed by atoms with Gasteiger partial charge in [0, 0.05) is 6.54 Å². The Balaban J connectivity index is 2.61. The van der Waals surface area contributed by atoms with E-state index in [0.29, 0.717) is 13.3 Å². The maximum absolute atomic E-state index is 10.4. The lowest BCUT2D eigenvalue weighted by Gasteiger charge is -2.14. The fourth-order valence-electron chi connectivity index (χ4n) is 0.688. The first kappa shape index (κ1) is 6.51. The van der Waals surface area contributed by atoms with Gasteiger partial charge in [-0.05, 0) is 6.92 Å². The van der Waals surface area contributed by atoms with Crippen LogP contribution in [0.2, 0.25) is 0 Å². The molecule has 4 nitrogen and oxygen atoms in total. The number of ether oxygens (including phenoxy) is 1. The molecule has 0 bridgehead atoms. The smallest absolute Gasteiger partial charge is 0.337 e. The molecule has 1 heterocycles. The third-order valence-corrected chi connectivity index (χ3v) is 1.41. The Bertz CT molecular complexity index is 128. The second-order valence-corrected chi connectivity index (χ2v) is 2.25. The molecule has 0 aromatic heterocycles. The maximum Gasteiger partial charge on any atom is 0.337 e. The van der Waals surface area contributed by atoms with Crippen molar-refractivity contribution >= 4 is 5.97 Å². The Morgan fingerprint density at radius 1 is 1.89 bits per heavy atom. The Morgan fingerprint density at radius 2 is 2.56 bits per heavy atom. The van der Waals surface area contributed by atoms with Crippen molar-refractivity contribution in [3.05, 3.63) is 0 Å². The van der Waals surface area contributed by atoms with E-state index in [4.69, 9.17) is 9.84 Å². The summed E-state index contributed by atoms with van der Waals surface area (Å²) >= 11 is 0. The summed E-state index contributed by atoms with van der Waals surface area (Å²) in [5, 5.41) is 11.3. The first-order valence-electron chi connectivity index (χ1n) is 2.73. The van der Waals surface area contributed by atoms with Crippen LogP contribution in [0.5, 0.6) is 0 Å². The van der Waals surface area contributed by atoms with E-state index in [-0.39, 0.29) is 0 Å². The molecule has 1 aliphatic heterocycles. The molecule has 0 unspecified atom stereocenters. The minimum absolute atomic E-state index is 0.336. The van der Waals surface area contributed by atoms with Crippen LogP contribution in [0.1, 0.15) is 6.92 Å². The molecule has 1 saturated heterocycles. The lowest BCUT2D eigenvalue weighted by Crippen LogP contribution is -2.38. The first-order chi connectivity index (χ1) is 4.15. The molecule has 2 N–H and O–H groups in total. The summed E-state index contributed by atoms with van der Waals surface area (Å²) < 4.78 is 4.89. The fraction of sp³-hybridized carbons (Fsp3) is 0.800. The predicted octanol–water partition coefficient (Wildman–Crippen LogP) is -0.593. The van der Waals surface area contributed by atoms with Crippen molar-refractivity contribution in [2.75, 3.05) is 13.3 Å². The number of carboxylic acids is 1. The quantitative estimate of drug-likeness (QED) is 0.499. The van der Waals surface area contributed by atoms with Gasteiger partial charge in [0.05, 0.1) is 6.73 Å². The molecule has 1 aliphatic rings. The van der Waals surface area contributed by atoms with Crippen molar-refractivity contribution in [1.82, 2.24) is 5.32 Å². The molecule has 0 amide bonds. The predicted molar refractivity (Wildman–Crippen MR) is 30.0 cm³/mol. The van der Waals surface area contributed by atoms with Crippen molar-refractivity contribution in [2.24, 2.45) is 0 Å². The molecule has 0 aromatic rings. The van der Waals surface area contributed by atoms with Crippen molar-refractivity contribution in [3.63, 3.8) is 0 Å². The van der Waals surface area contributed by atoms with Gasteiger partial charge in [-0.1, -0.05) is 0 Å². The van der Waals surface area contributed by atoms with E-state index in [1.165, 1.54) is 0 Å². The summed E-state index contributed by atoms with van der Waals surface area (Å²) in [5.74, 6) is -0.910. The number of nitrogens with one attached hydrogen (secondary N) is 1. The molecule has 0 aliphatic carbocycles. The third kappa shape index (κ3) is 1.04. The summed E-state index contributed by atoms with van der Waals surface area (Å²) in [6.45, 7) is 2.28. The zero-order chi connectivity index (χ0) is 6.91. The number of carboxylic acid groups (broad SMARTS) is 1. The number of aliphatic carboxylic acids is 1. The first-order valence-corrected chi connectivity index (χ1v) is 2.73. The number of hydrogen-bond acceptors (Lipinski definition) is 3. The Kier molecular flexibility index (Phi) is 1.42. The zero-order valence-corrected chi connectivity index (χ0v) is 5.18. The van der Waals surface area contributed by atoms with Crippen molar-refractivity contribution in [1.29, 1.82) is 0 Å². The van der Waals surface area contributed by atoms with Gasteiger partial charge in [-0.15, -0.1) is 0 Å². The molecule has 0 aromatic carbocycles. The lowest BCUT2D eigenvalue weighted by atomic mass is 10.1. The third-order valence-electron chi connectivity index (χ3n) is 1.41. The highest BCUT2D eigenvalue weighted by molar-refractivity contribution is 5.77. The van der Waals surface area contributed by atoms with Gasteiger partial charge in [-0.25, -0.2) is 4.79 Å². The van der Waals surface area contributed by atoms with Crippen LogP contribution in [0.25, 0.3) is 0 Å². The van der Waals surface area contributed by atoms with E-state index in [1.54, 1.807) is 6.92 Å². The second-order valence-electron chi connectivity index (χ2n) is 2.25. The van der Waals surface area contributed by atoms with Gasteiger partial charge in [-0.2, -0.15) is 0 Å². The van der Waals surface area contributed by atoms with Crippen molar-refractivity contribution < 1.29 is 14.6 Å². The van der Waals surface area contributed by atoms with Gasteiger partial charge in [-0.3, -0.25) is 5.32 Å². The van der Waals surface area contributed by atoms with Crippen LogP contribution in [-0.4, -0.2) is 30.0 Å². The monoisotopic (exact) mass is 131 g/mol. The van der Waals surface area contributed by atoms with Crippen LogP contribution < -0.4 is 5.32 Å². The normalized spacial score (nSPS) is 34.8. The fourth-order valence-corrected chi connectivity index (χ4v) is 0.688. The van der Waals surface area contributed by atoms with Crippen LogP contribution in [0.4, 0.5) is 0 Å². The molecule has 9 heavy (non-hydrogen) atoms. The minimum atomic E-state index is -1.00. The van der Waals surface area contributed by atoms with Gasteiger partial charge in [0.25, 0.3) is 0 Å². The average Bonchev–Trinajstić information content (AvgIpc) is 2.16. The van der Waals surface area contributed by atoms with Crippen LogP contribution in [0.15, 0.2) is 0 Å². The summed E-state index contributed by atoms with van der Waals surface area (Å²) in [6.07, 6.45) is 0. The zero-order valence-electron chi connectivity index (χ0n) is 5.18. The topological polar surface area (TPSA) is 58.6 Å². The van der Waals surface area contributed by atoms with Crippen LogP contribution >= 0.6 is 0 Å². The molecule has 1 fully saturated rings. The standard InChI is InChI=1S/C5H9NO3/c1-5(4(7)8)2-6-3-9-5/h6H,2-3H2,1H3,(H,7,8)/t5-/m0/s1. The number of carbonyl (C=O) groups is 1. The molecule has 0 spiro atoms. The maximum atomic E-state index is 10.4.